The Morgan fingerprint density at radius 2 is 1.82 bits per heavy atom. The summed E-state index contributed by atoms with van der Waals surface area (Å²) < 4.78 is 42.5. The average Bonchev–Trinajstić information content (AvgIpc) is 3.38. The van der Waals surface area contributed by atoms with Crippen LogP contribution in [0.5, 0.6) is 11.5 Å². The van der Waals surface area contributed by atoms with E-state index in [-0.39, 0.29) is 39.1 Å². The van der Waals surface area contributed by atoms with Crippen LogP contribution in [0.4, 0.5) is 5.13 Å². The molecule has 0 aliphatic carbocycles. The van der Waals surface area contributed by atoms with Crippen LogP contribution in [0, 0.1) is 0 Å². The number of hydrogen-bond donors (Lipinski definition) is 2. The molecular formula is C21H28N4O7S2. The number of carbonyl (C=O) groups excluding carboxylic acids is 1. The van der Waals surface area contributed by atoms with Crippen molar-refractivity contribution >= 4 is 32.4 Å². The van der Waals surface area contributed by atoms with Crippen LogP contribution in [-0.4, -0.2) is 87.2 Å². The van der Waals surface area contributed by atoms with E-state index in [1.807, 2.05) is 23.1 Å². The number of hydroxylamine groups is 1. The summed E-state index contributed by atoms with van der Waals surface area (Å²) in [6.07, 6.45) is 1.79. The van der Waals surface area contributed by atoms with Gasteiger partial charge in [0.1, 0.15) is 0 Å². The van der Waals surface area contributed by atoms with Gasteiger partial charge < -0.3 is 19.1 Å². The highest BCUT2D eigenvalue weighted by Crippen LogP contribution is 2.38. The minimum absolute atomic E-state index is 0.00308. The summed E-state index contributed by atoms with van der Waals surface area (Å²) >= 11 is 1.51. The number of piperazine rings is 1. The number of thiazole rings is 1. The summed E-state index contributed by atoms with van der Waals surface area (Å²) in [5.41, 5.74) is 2.50. The van der Waals surface area contributed by atoms with Crippen LogP contribution in [-0.2, 0) is 19.6 Å². The lowest BCUT2D eigenvalue weighted by atomic mass is 9.98. The lowest BCUT2D eigenvalue weighted by Gasteiger charge is -2.41. The Balaban J connectivity index is 1.47. The summed E-state index contributed by atoms with van der Waals surface area (Å²) in [4.78, 5) is 19.9. The number of sulfonamides is 1. The van der Waals surface area contributed by atoms with Crippen LogP contribution >= 0.6 is 11.3 Å². The summed E-state index contributed by atoms with van der Waals surface area (Å²) in [5.74, 6) is 0.367. The van der Waals surface area contributed by atoms with Crippen LogP contribution in [0.25, 0.3) is 10.4 Å². The summed E-state index contributed by atoms with van der Waals surface area (Å²) in [6, 6.07) is 5.66. The second-order valence-electron chi connectivity index (χ2n) is 8.02. The first kappa shape index (κ1) is 24.7. The number of hydrogen-bond acceptors (Lipinski definition) is 10. The van der Waals surface area contributed by atoms with Crippen molar-refractivity contribution in [2.24, 2.45) is 0 Å². The molecule has 0 spiro atoms. The standard InChI is InChI=1S/C21H28N4O7S2/c1-30-16-4-3-15(13-17(16)31-2)18-14-22-20(33-18)24-7-9-25(10-8-24)34(28,29)21(19(26)23-27)5-11-32-12-6-21/h3-4,13-14,27H,5-12H2,1-2H3,(H,23,26). The van der Waals surface area contributed by atoms with Gasteiger partial charge in [0.05, 0.1) is 19.1 Å². The number of methoxy groups -OCH3 is 2. The molecule has 0 atom stereocenters. The molecular weight excluding hydrogens is 484 g/mol. The molecule has 0 bridgehead atoms. The molecule has 1 aromatic carbocycles. The highest BCUT2D eigenvalue weighted by molar-refractivity contribution is 7.91. The number of nitrogens with one attached hydrogen (secondary N) is 1. The van der Waals surface area contributed by atoms with Crippen molar-refractivity contribution in [1.82, 2.24) is 14.8 Å². The number of amides is 1. The quantitative estimate of drug-likeness (QED) is 0.417. The molecule has 2 N–H and O–H groups in total. The predicted octanol–water partition coefficient (Wildman–Crippen LogP) is 1.33. The molecule has 2 aliphatic rings. The zero-order valence-corrected chi connectivity index (χ0v) is 20.7. The van der Waals surface area contributed by atoms with E-state index in [9.17, 15) is 18.4 Å². The largest absolute Gasteiger partial charge is 0.493 e. The van der Waals surface area contributed by atoms with E-state index < -0.39 is 20.7 Å². The van der Waals surface area contributed by atoms with Crippen molar-refractivity contribution in [3.63, 3.8) is 0 Å². The normalized spacial score (nSPS) is 19.0. The van der Waals surface area contributed by atoms with Crippen LogP contribution in [0.2, 0.25) is 0 Å². The van der Waals surface area contributed by atoms with Crippen molar-refractivity contribution in [2.45, 2.75) is 17.6 Å². The molecule has 186 valence electrons. The van der Waals surface area contributed by atoms with Crippen LogP contribution < -0.4 is 19.9 Å². The van der Waals surface area contributed by atoms with Gasteiger partial charge in [0, 0.05) is 58.4 Å². The minimum atomic E-state index is -4.00. The van der Waals surface area contributed by atoms with Crippen LogP contribution in [0.3, 0.4) is 0 Å². The van der Waals surface area contributed by atoms with Crippen molar-refractivity contribution in [3.8, 4) is 21.9 Å². The molecule has 1 amide bonds. The zero-order chi connectivity index (χ0) is 24.3. The van der Waals surface area contributed by atoms with Crippen LogP contribution in [0.1, 0.15) is 12.8 Å². The Bertz CT molecular complexity index is 1120. The number of nitrogens with zero attached hydrogens (tertiary/aromatic N) is 3. The number of rotatable bonds is 7. The lowest BCUT2D eigenvalue weighted by molar-refractivity contribution is -0.134. The maximum Gasteiger partial charge on any atom is 0.266 e. The van der Waals surface area contributed by atoms with Crippen molar-refractivity contribution in [3.05, 3.63) is 24.4 Å². The van der Waals surface area contributed by atoms with Crippen molar-refractivity contribution < 1.29 is 32.6 Å². The third-order valence-electron chi connectivity index (χ3n) is 6.32. The van der Waals surface area contributed by atoms with Gasteiger partial charge in [-0.25, -0.2) is 18.9 Å². The van der Waals surface area contributed by atoms with Gasteiger partial charge in [-0.2, -0.15) is 4.31 Å². The molecule has 2 saturated heterocycles. The molecule has 13 heteroatoms. The Morgan fingerprint density at radius 1 is 1.15 bits per heavy atom. The van der Waals surface area contributed by atoms with E-state index in [0.29, 0.717) is 24.6 Å². The molecule has 11 nitrogen and oxygen atoms in total. The maximum absolute atomic E-state index is 13.5. The van der Waals surface area contributed by atoms with E-state index in [1.54, 1.807) is 25.9 Å². The van der Waals surface area contributed by atoms with E-state index in [1.165, 1.54) is 15.6 Å². The minimum Gasteiger partial charge on any atom is -0.493 e. The third-order valence-corrected chi connectivity index (χ3v) is 10.1. The molecule has 0 unspecified atom stereocenters. The number of carbonyl (C=O) groups is 1. The van der Waals surface area contributed by atoms with Crippen LogP contribution in [0.15, 0.2) is 24.4 Å². The van der Waals surface area contributed by atoms with E-state index >= 15 is 0 Å². The molecule has 2 aromatic rings. The summed E-state index contributed by atoms with van der Waals surface area (Å²) in [7, 11) is -0.833. The maximum atomic E-state index is 13.5. The second-order valence-corrected chi connectivity index (χ2v) is 11.3. The van der Waals surface area contributed by atoms with Gasteiger partial charge in [0.2, 0.25) is 10.0 Å². The second kappa shape index (κ2) is 10.0. The van der Waals surface area contributed by atoms with E-state index in [0.717, 1.165) is 15.6 Å². The fourth-order valence-corrected chi connectivity index (χ4v) is 7.37. The first-order chi connectivity index (χ1) is 16.4. The van der Waals surface area contributed by atoms with Gasteiger partial charge in [-0.05, 0) is 23.8 Å². The average molecular weight is 513 g/mol. The first-order valence-electron chi connectivity index (χ1n) is 10.8. The molecule has 1 aromatic heterocycles. The third kappa shape index (κ3) is 4.33. The molecule has 34 heavy (non-hydrogen) atoms. The molecule has 2 aliphatic heterocycles. The number of aromatic nitrogens is 1. The topological polar surface area (TPSA) is 131 Å². The lowest BCUT2D eigenvalue weighted by Crippen LogP contribution is -2.62. The fourth-order valence-electron chi connectivity index (χ4n) is 4.31. The number of ether oxygens (including phenoxy) is 3. The Hall–Kier alpha value is -2.45. The SMILES string of the molecule is COc1ccc(-c2cnc(N3CCN(S(=O)(=O)C4(C(=O)NO)CCOCC4)CC3)s2)cc1OC. The summed E-state index contributed by atoms with van der Waals surface area (Å²) in [5, 5.41) is 10.00. The van der Waals surface area contributed by atoms with Gasteiger partial charge >= 0.3 is 0 Å². The van der Waals surface area contributed by atoms with Gasteiger partial charge in [-0.1, -0.05) is 11.3 Å². The Kier molecular flexibility index (Phi) is 7.28. The zero-order valence-electron chi connectivity index (χ0n) is 19.0. The van der Waals surface area contributed by atoms with E-state index in [4.69, 9.17) is 14.2 Å². The smallest absolute Gasteiger partial charge is 0.266 e. The van der Waals surface area contributed by atoms with Crippen molar-refractivity contribution in [1.29, 1.82) is 0 Å². The first-order valence-corrected chi connectivity index (χ1v) is 13.1. The van der Waals surface area contributed by atoms with Gasteiger partial charge in [-0.3, -0.25) is 10.0 Å². The van der Waals surface area contributed by atoms with Gasteiger partial charge in [-0.15, -0.1) is 0 Å². The highest BCUT2D eigenvalue weighted by atomic mass is 32.2. The highest BCUT2D eigenvalue weighted by Gasteiger charge is 2.54. The van der Waals surface area contributed by atoms with E-state index in [2.05, 4.69) is 4.98 Å². The van der Waals surface area contributed by atoms with Crippen molar-refractivity contribution in [2.75, 3.05) is 58.5 Å². The number of anilines is 1. The summed E-state index contributed by atoms with van der Waals surface area (Å²) in [6.45, 7) is 1.59. The van der Waals surface area contributed by atoms with Gasteiger partial charge in [0.15, 0.2) is 21.4 Å². The number of benzene rings is 1. The van der Waals surface area contributed by atoms with Gasteiger partial charge in [0.25, 0.3) is 5.91 Å². The molecule has 2 fully saturated rings. The Labute approximate surface area is 202 Å². The molecule has 0 saturated carbocycles. The molecule has 4 rings (SSSR count). The monoisotopic (exact) mass is 512 g/mol. The molecule has 3 heterocycles. The molecule has 0 radical (unpaired) electrons. The Morgan fingerprint density at radius 3 is 2.44 bits per heavy atom. The predicted molar refractivity (Wildman–Crippen MR) is 126 cm³/mol. The fraction of sp³-hybridized carbons (Fsp3) is 0.524.